The second kappa shape index (κ2) is 7.08. The highest BCUT2D eigenvalue weighted by molar-refractivity contribution is 5.99. The molecule has 0 radical (unpaired) electrons. The van der Waals surface area contributed by atoms with Gasteiger partial charge >= 0.3 is 0 Å². The van der Waals surface area contributed by atoms with Gasteiger partial charge in [0.15, 0.2) is 11.5 Å². The molecule has 4 nitrogen and oxygen atoms in total. The molecule has 0 saturated heterocycles. The molecule has 1 aliphatic carbocycles. The number of nitrogens with two attached hydrogens (primary N) is 1. The van der Waals surface area contributed by atoms with Crippen molar-refractivity contribution in [2.24, 2.45) is 17.3 Å². The van der Waals surface area contributed by atoms with E-state index >= 15 is 0 Å². The van der Waals surface area contributed by atoms with E-state index in [0.29, 0.717) is 28.5 Å². The molecule has 2 aromatic rings. The molecule has 0 heterocycles. The maximum atomic E-state index is 12.9. The van der Waals surface area contributed by atoms with E-state index in [0.717, 1.165) is 24.0 Å². The number of methoxy groups -OCH3 is 1. The molecule has 140 valence electrons. The van der Waals surface area contributed by atoms with Gasteiger partial charge in [0.05, 0.1) is 24.4 Å². The summed E-state index contributed by atoms with van der Waals surface area (Å²) < 4.78 is 5.42. The summed E-state index contributed by atoms with van der Waals surface area (Å²) in [6.45, 7) is 6.61. The zero-order valence-corrected chi connectivity index (χ0v) is 16.4. The minimum Gasteiger partial charge on any atom is -0.494 e. The third kappa shape index (κ3) is 3.42. The van der Waals surface area contributed by atoms with E-state index in [1.165, 1.54) is 7.11 Å². The van der Waals surface area contributed by atoms with Gasteiger partial charge in [-0.3, -0.25) is 4.79 Å². The van der Waals surface area contributed by atoms with Crippen LogP contribution in [0.5, 0.6) is 5.75 Å². The average molecular weight is 362 g/mol. The van der Waals surface area contributed by atoms with E-state index in [2.05, 4.69) is 26.8 Å². The molecule has 1 aliphatic rings. The molecular formula is C23H26N2O2. The SMILES string of the molecule is COc1c(N)ccc(C#N)c1-c1ccc(C(=O)C2CCC2C(C)(C)C)cc1. The number of Topliss-reactive ketones (excluding diaryl/α,β-unsaturated/α-hetero) is 1. The number of anilines is 1. The third-order valence-corrected chi connectivity index (χ3v) is 5.69. The fraction of sp³-hybridized carbons (Fsp3) is 0.391. The van der Waals surface area contributed by atoms with E-state index < -0.39 is 0 Å². The summed E-state index contributed by atoms with van der Waals surface area (Å²) in [5, 5.41) is 9.45. The summed E-state index contributed by atoms with van der Waals surface area (Å²) in [5.74, 6) is 1.24. The number of hydrogen-bond acceptors (Lipinski definition) is 4. The summed E-state index contributed by atoms with van der Waals surface area (Å²) in [7, 11) is 1.54. The van der Waals surface area contributed by atoms with Gasteiger partial charge in [0.2, 0.25) is 0 Å². The van der Waals surface area contributed by atoms with Gasteiger partial charge in [-0.1, -0.05) is 45.0 Å². The van der Waals surface area contributed by atoms with Crippen molar-refractivity contribution in [2.75, 3.05) is 12.8 Å². The van der Waals surface area contributed by atoms with Crippen LogP contribution >= 0.6 is 0 Å². The number of ketones is 1. The Morgan fingerprint density at radius 1 is 1.15 bits per heavy atom. The predicted octanol–water partition coefficient (Wildman–Crippen LogP) is 5.07. The van der Waals surface area contributed by atoms with Gasteiger partial charge in [-0.15, -0.1) is 0 Å². The molecule has 4 heteroatoms. The Morgan fingerprint density at radius 3 is 2.30 bits per heavy atom. The highest BCUT2D eigenvalue weighted by Crippen LogP contribution is 2.47. The van der Waals surface area contributed by atoms with Gasteiger partial charge in [0.25, 0.3) is 0 Å². The molecule has 3 rings (SSSR count). The van der Waals surface area contributed by atoms with Gasteiger partial charge in [-0.2, -0.15) is 5.26 Å². The van der Waals surface area contributed by atoms with Crippen LogP contribution in [0, 0.1) is 28.6 Å². The number of benzene rings is 2. The first-order chi connectivity index (χ1) is 12.8. The van der Waals surface area contributed by atoms with Crippen molar-refractivity contribution in [1.82, 2.24) is 0 Å². The fourth-order valence-electron chi connectivity index (χ4n) is 4.06. The highest BCUT2D eigenvalue weighted by Gasteiger charge is 2.43. The lowest BCUT2D eigenvalue weighted by atomic mass is 9.59. The lowest BCUT2D eigenvalue weighted by molar-refractivity contribution is 0.0426. The lowest BCUT2D eigenvalue weighted by Crippen LogP contribution is -2.40. The summed E-state index contributed by atoms with van der Waals surface area (Å²) in [5.41, 5.74) is 9.32. The van der Waals surface area contributed by atoms with Crippen LogP contribution in [-0.4, -0.2) is 12.9 Å². The highest BCUT2D eigenvalue weighted by atomic mass is 16.5. The Kier molecular flexibility index (Phi) is 4.97. The van der Waals surface area contributed by atoms with Crippen molar-refractivity contribution < 1.29 is 9.53 Å². The van der Waals surface area contributed by atoms with Gasteiger partial charge in [0.1, 0.15) is 0 Å². The van der Waals surface area contributed by atoms with Gasteiger partial charge in [-0.25, -0.2) is 0 Å². The standard InChI is InChI=1S/C23H26N2O2/c1-23(2,3)18-11-10-17(18)21(26)15-7-5-14(6-8-15)20-16(13-24)9-12-19(25)22(20)27-4/h5-9,12,17-18H,10-11,25H2,1-4H3. The van der Waals surface area contributed by atoms with Crippen LogP contribution in [0.4, 0.5) is 5.69 Å². The predicted molar refractivity (Wildman–Crippen MR) is 108 cm³/mol. The minimum atomic E-state index is 0.104. The van der Waals surface area contributed by atoms with Crippen molar-refractivity contribution in [3.05, 3.63) is 47.5 Å². The zero-order chi connectivity index (χ0) is 19.8. The second-order valence-corrected chi connectivity index (χ2v) is 8.32. The maximum Gasteiger partial charge on any atom is 0.166 e. The molecular weight excluding hydrogens is 336 g/mol. The molecule has 0 spiro atoms. The Hall–Kier alpha value is -2.80. The average Bonchev–Trinajstić information content (AvgIpc) is 2.59. The van der Waals surface area contributed by atoms with Gasteiger partial charge in [0, 0.05) is 17.0 Å². The fourth-order valence-corrected chi connectivity index (χ4v) is 4.06. The number of ether oxygens (including phenoxy) is 1. The van der Waals surface area contributed by atoms with Crippen molar-refractivity contribution in [1.29, 1.82) is 5.26 Å². The molecule has 2 N–H and O–H groups in total. The quantitative estimate of drug-likeness (QED) is 0.608. The maximum absolute atomic E-state index is 12.9. The topological polar surface area (TPSA) is 76.1 Å². The van der Waals surface area contributed by atoms with Crippen LogP contribution < -0.4 is 10.5 Å². The second-order valence-electron chi connectivity index (χ2n) is 8.32. The Labute approximate surface area is 161 Å². The molecule has 1 fully saturated rings. The number of nitriles is 1. The van der Waals surface area contributed by atoms with Crippen LogP contribution in [0.3, 0.4) is 0 Å². The van der Waals surface area contributed by atoms with Crippen molar-refractivity contribution in [3.8, 4) is 22.9 Å². The first-order valence-electron chi connectivity index (χ1n) is 9.29. The molecule has 0 aromatic heterocycles. The van der Waals surface area contributed by atoms with Crippen molar-refractivity contribution in [2.45, 2.75) is 33.6 Å². The van der Waals surface area contributed by atoms with Crippen LogP contribution in [0.25, 0.3) is 11.1 Å². The van der Waals surface area contributed by atoms with E-state index in [4.69, 9.17) is 10.5 Å². The number of carbonyl (C=O) groups excluding carboxylic acids is 1. The molecule has 0 amide bonds. The smallest absolute Gasteiger partial charge is 0.166 e. The molecule has 2 aromatic carbocycles. The summed E-state index contributed by atoms with van der Waals surface area (Å²) in [4.78, 5) is 12.9. The monoisotopic (exact) mass is 362 g/mol. The largest absolute Gasteiger partial charge is 0.494 e. The molecule has 27 heavy (non-hydrogen) atoms. The first kappa shape index (κ1) is 19.0. The molecule has 2 unspecified atom stereocenters. The van der Waals surface area contributed by atoms with Gasteiger partial charge in [-0.05, 0) is 41.9 Å². The van der Waals surface area contributed by atoms with Crippen LogP contribution in [0.15, 0.2) is 36.4 Å². The normalized spacial score (nSPS) is 19.1. The molecule has 0 bridgehead atoms. The van der Waals surface area contributed by atoms with Crippen LogP contribution in [-0.2, 0) is 0 Å². The van der Waals surface area contributed by atoms with E-state index in [1.807, 2.05) is 24.3 Å². The summed E-state index contributed by atoms with van der Waals surface area (Å²) in [6, 6.07) is 13.0. The number of hydrogen-bond donors (Lipinski definition) is 1. The molecule has 2 atom stereocenters. The number of nitrogen functional groups attached to an aromatic ring is 1. The van der Waals surface area contributed by atoms with Gasteiger partial charge < -0.3 is 10.5 Å². The number of nitrogens with zero attached hydrogens (tertiary/aromatic N) is 1. The van der Waals surface area contributed by atoms with Crippen LogP contribution in [0.1, 0.15) is 49.5 Å². The van der Waals surface area contributed by atoms with E-state index in [1.54, 1.807) is 12.1 Å². The minimum absolute atomic E-state index is 0.104. The van der Waals surface area contributed by atoms with Crippen molar-refractivity contribution >= 4 is 11.5 Å². The number of rotatable bonds is 4. The summed E-state index contributed by atoms with van der Waals surface area (Å²) >= 11 is 0. The van der Waals surface area contributed by atoms with Crippen molar-refractivity contribution in [3.63, 3.8) is 0 Å². The van der Waals surface area contributed by atoms with Crippen LogP contribution in [0.2, 0.25) is 0 Å². The van der Waals surface area contributed by atoms with E-state index in [9.17, 15) is 10.1 Å². The third-order valence-electron chi connectivity index (χ3n) is 5.69. The zero-order valence-electron chi connectivity index (χ0n) is 16.4. The number of carbonyl (C=O) groups is 1. The molecule has 1 saturated carbocycles. The lowest BCUT2D eigenvalue weighted by Gasteiger charge is -2.44. The Balaban J connectivity index is 1.93. The van der Waals surface area contributed by atoms with E-state index in [-0.39, 0.29) is 17.1 Å². The molecule has 0 aliphatic heterocycles. The Morgan fingerprint density at radius 2 is 1.81 bits per heavy atom. The Bertz CT molecular complexity index is 902. The first-order valence-corrected chi connectivity index (χ1v) is 9.29. The summed E-state index contributed by atoms with van der Waals surface area (Å²) in [6.07, 6.45) is 2.08.